The molecule has 0 aliphatic heterocycles. The summed E-state index contributed by atoms with van der Waals surface area (Å²) in [5.74, 6) is 0.179. The van der Waals surface area contributed by atoms with E-state index in [0.29, 0.717) is 6.42 Å². The van der Waals surface area contributed by atoms with E-state index >= 15 is 0 Å². The van der Waals surface area contributed by atoms with Gasteiger partial charge in [0.15, 0.2) is 5.65 Å². The van der Waals surface area contributed by atoms with Crippen LogP contribution in [0.1, 0.15) is 43.4 Å². The van der Waals surface area contributed by atoms with Gasteiger partial charge in [-0.3, -0.25) is 9.48 Å². The number of hydrogen-bond donors (Lipinski definition) is 0. The SMILES string of the molecule is Cc1nn(C)c2ncc(C3(CC#N)CCCCC3=O)cc12. The predicted octanol–water partition coefficient (Wildman–Crippen LogP) is 2.57. The summed E-state index contributed by atoms with van der Waals surface area (Å²) in [5, 5.41) is 14.5. The number of nitrogens with zero attached hydrogens (tertiary/aromatic N) is 4. The molecule has 0 N–H and O–H groups in total. The first-order valence-corrected chi connectivity index (χ1v) is 7.28. The number of fused-ring (bicyclic) bond motifs is 1. The molecule has 1 saturated carbocycles. The summed E-state index contributed by atoms with van der Waals surface area (Å²) in [6.45, 7) is 1.94. The van der Waals surface area contributed by atoms with Crippen molar-refractivity contribution in [2.24, 2.45) is 7.05 Å². The second-order valence-corrected chi connectivity index (χ2v) is 5.85. The molecule has 0 bridgehead atoms. The minimum atomic E-state index is -0.670. The molecule has 0 spiro atoms. The van der Waals surface area contributed by atoms with E-state index in [1.165, 1.54) is 0 Å². The second-order valence-electron chi connectivity index (χ2n) is 5.85. The number of carbonyl (C=O) groups excluding carboxylic acids is 1. The zero-order valence-electron chi connectivity index (χ0n) is 12.4. The summed E-state index contributed by atoms with van der Waals surface area (Å²) in [6.07, 6.45) is 5.20. The lowest BCUT2D eigenvalue weighted by Crippen LogP contribution is -2.38. The van der Waals surface area contributed by atoms with E-state index in [1.54, 1.807) is 10.9 Å². The van der Waals surface area contributed by atoms with Gasteiger partial charge in [-0.05, 0) is 31.4 Å². The standard InChI is InChI=1S/C16H18N4O/c1-11-13-9-12(10-18-15(13)20(2)19-11)16(7-8-17)6-4-3-5-14(16)21/h9-10H,3-7H2,1-2H3. The first-order valence-electron chi connectivity index (χ1n) is 7.28. The predicted molar refractivity (Wildman–Crippen MR) is 78.6 cm³/mol. The van der Waals surface area contributed by atoms with Gasteiger partial charge in [0, 0.05) is 25.1 Å². The van der Waals surface area contributed by atoms with Gasteiger partial charge < -0.3 is 0 Å². The van der Waals surface area contributed by atoms with Crippen molar-refractivity contribution < 1.29 is 4.79 Å². The Morgan fingerprint density at radius 2 is 2.29 bits per heavy atom. The summed E-state index contributed by atoms with van der Waals surface area (Å²) >= 11 is 0. The fourth-order valence-corrected chi connectivity index (χ4v) is 3.39. The molecule has 1 fully saturated rings. The van der Waals surface area contributed by atoms with Crippen molar-refractivity contribution in [1.82, 2.24) is 14.8 Å². The van der Waals surface area contributed by atoms with Gasteiger partial charge in [0.05, 0.1) is 23.6 Å². The molecule has 0 aromatic carbocycles. The first kappa shape index (κ1) is 13.7. The van der Waals surface area contributed by atoms with Crippen LogP contribution in [-0.4, -0.2) is 20.5 Å². The minimum Gasteiger partial charge on any atom is -0.299 e. The minimum absolute atomic E-state index is 0.179. The molecule has 1 aliphatic rings. The number of aromatic nitrogens is 3. The number of rotatable bonds is 2. The van der Waals surface area contributed by atoms with Crippen molar-refractivity contribution in [3.8, 4) is 6.07 Å². The monoisotopic (exact) mass is 282 g/mol. The number of carbonyl (C=O) groups is 1. The third kappa shape index (κ3) is 2.02. The lowest BCUT2D eigenvalue weighted by Gasteiger charge is -2.34. The van der Waals surface area contributed by atoms with E-state index in [0.717, 1.165) is 41.6 Å². The first-order chi connectivity index (χ1) is 10.1. The molecular weight excluding hydrogens is 264 g/mol. The highest BCUT2D eigenvalue weighted by Gasteiger charge is 2.41. The Hall–Kier alpha value is -2.22. The molecule has 5 nitrogen and oxygen atoms in total. The van der Waals surface area contributed by atoms with Crippen LogP contribution in [0.25, 0.3) is 11.0 Å². The molecule has 1 aliphatic carbocycles. The molecule has 1 atom stereocenters. The zero-order valence-corrected chi connectivity index (χ0v) is 12.4. The Balaban J connectivity index is 2.18. The number of Topliss-reactive ketones (excluding diaryl/α,β-unsaturated/α-hetero) is 1. The Morgan fingerprint density at radius 1 is 1.48 bits per heavy atom. The highest BCUT2D eigenvalue weighted by Crippen LogP contribution is 2.40. The van der Waals surface area contributed by atoms with Crippen LogP contribution in [0.3, 0.4) is 0 Å². The number of ketones is 1. The van der Waals surface area contributed by atoms with Crippen molar-refractivity contribution in [2.45, 2.75) is 44.4 Å². The van der Waals surface area contributed by atoms with Crippen LogP contribution in [0.4, 0.5) is 0 Å². The van der Waals surface area contributed by atoms with Gasteiger partial charge in [0.1, 0.15) is 5.78 Å². The summed E-state index contributed by atoms with van der Waals surface area (Å²) in [5.41, 5.74) is 1.91. The average Bonchev–Trinajstić information content (AvgIpc) is 2.76. The molecule has 2 aromatic heterocycles. The fourth-order valence-electron chi connectivity index (χ4n) is 3.39. The van der Waals surface area contributed by atoms with Crippen molar-refractivity contribution in [3.05, 3.63) is 23.5 Å². The van der Waals surface area contributed by atoms with Gasteiger partial charge in [-0.2, -0.15) is 10.4 Å². The second kappa shape index (κ2) is 4.96. The van der Waals surface area contributed by atoms with Crippen LogP contribution in [0.2, 0.25) is 0 Å². The number of pyridine rings is 1. The molecule has 108 valence electrons. The van der Waals surface area contributed by atoms with Crippen LogP contribution >= 0.6 is 0 Å². The van der Waals surface area contributed by atoms with Crippen molar-refractivity contribution in [2.75, 3.05) is 0 Å². The van der Waals surface area contributed by atoms with Crippen molar-refractivity contribution >= 4 is 16.8 Å². The van der Waals surface area contributed by atoms with Crippen LogP contribution in [0, 0.1) is 18.3 Å². The van der Waals surface area contributed by atoms with Crippen molar-refractivity contribution in [1.29, 1.82) is 5.26 Å². The maximum atomic E-state index is 12.5. The largest absolute Gasteiger partial charge is 0.299 e. The lowest BCUT2D eigenvalue weighted by atomic mass is 9.67. The van der Waals surface area contributed by atoms with E-state index in [2.05, 4.69) is 16.2 Å². The van der Waals surface area contributed by atoms with E-state index in [-0.39, 0.29) is 12.2 Å². The van der Waals surface area contributed by atoms with Crippen molar-refractivity contribution in [3.63, 3.8) is 0 Å². The molecule has 2 aromatic rings. The third-order valence-corrected chi connectivity index (χ3v) is 4.59. The lowest BCUT2D eigenvalue weighted by molar-refractivity contribution is -0.126. The summed E-state index contributed by atoms with van der Waals surface area (Å²) < 4.78 is 1.74. The molecule has 21 heavy (non-hydrogen) atoms. The van der Waals surface area contributed by atoms with E-state index in [4.69, 9.17) is 0 Å². The number of nitriles is 1. The van der Waals surface area contributed by atoms with E-state index < -0.39 is 5.41 Å². The average molecular weight is 282 g/mol. The highest BCUT2D eigenvalue weighted by molar-refractivity contribution is 5.92. The summed E-state index contributed by atoms with van der Waals surface area (Å²) in [6, 6.07) is 4.21. The molecule has 3 rings (SSSR count). The van der Waals surface area contributed by atoms with Crippen LogP contribution in [-0.2, 0) is 17.3 Å². The van der Waals surface area contributed by atoms with E-state index in [9.17, 15) is 10.1 Å². The molecule has 1 unspecified atom stereocenters. The van der Waals surface area contributed by atoms with Gasteiger partial charge in [-0.25, -0.2) is 4.98 Å². The molecule has 5 heteroatoms. The highest BCUT2D eigenvalue weighted by atomic mass is 16.1. The fraction of sp³-hybridized carbons (Fsp3) is 0.500. The number of aryl methyl sites for hydroxylation is 2. The quantitative estimate of drug-likeness (QED) is 0.848. The molecule has 2 heterocycles. The van der Waals surface area contributed by atoms with Gasteiger partial charge in [0.2, 0.25) is 0 Å². The van der Waals surface area contributed by atoms with Gasteiger partial charge >= 0.3 is 0 Å². The summed E-state index contributed by atoms with van der Waals surface area (Å²) in [4.78, 5) is 17.0. The summed E-state index contributed by atoms with van der Waals surface area (Å²) in [7, 11) is 1.86. The normalized spacial score (nSPS) is 22.4. The maximum Gasteiger partial charge on any atom is 0.157 e. The smallest absolute Gasteiger partial charge is 0.157 e. The Morgan fingerprint density at radius 3 is 3.00 bits per heavy atom. The topological polar surface area (TPSA) is 71.6 Å². The maximum absolute atomic E-state index is 12.5. The van der Waals surface area contributed by atoms with Gasteiger partial charge in [-0.1, -0.05) is 6.42 Å². The van der Waals surface area contributed by atoms with Crippen LogP contribution in [0.15, 0.2) is 12.3 Å². The van der Waals surface area contributed by atoms with Crippen LogP contribution in [0.5, 0.6) is 0 Å². The Kier molecular flexibility index (Phi) is 3.25. The van der Waals surface area contributed by atoms with Crippen LogP contribution < -0.4 is 0 Å². The molecular formula is C16H18N4O. The van der Waals surface area contributed by atoms with Gasteiger partial charge in [0.25, 0.3) is 0 Å². The van der Waals surface area contributed by atoms with Gasteiger partial charge in [-0.15, -0.1) is 0 Å². The molecule has 0 radical (unpaired) electrons. The third-order valence-electron chi connectivity index (χ3n) is 4.59. The number of hydrogen-bond acceptors (Lipinski definition) is 4. The Bertz CT molecular complexity index is 755. The molecule has 0 saturated heterocycles. The molecule has 0 amide bonds. The zero-order chi connectivity index (χ0) is 15.0. The Labute approximate surface area is 123 Å². The van der Waals surface area contributed by atoms with E-state index in [1.807, 2.05) is 20.0 Å².